The number of fused-ring (bicyclic) bond motifs is 1. The average Bonchev–Trinajstić information content (AvgIpc) is 3.16. The van der Waals surface area contributed by atoms with Gasteiger partial charge in [-0.25, -0.2) is 0 Å². The third-order valence-electron chi connectivity index (χ3n) is 5.30. The lowest BCUT2D eigenvalue weighted by Crippen LogP contribution is -2.49. The van der Waals surface area contributed by atoms with E-state index in [9.17, 15) is 14.4 Å². The zero-order valence-corrected chi connectivity index (χ0v) is 17.6. The van der Waals surface area contributed by atoms with Crippen molar-refractivity contribution < 1.29 is 14.4 Å². The molecule has 0 radical (unpaired) electrons. The second-order valence-corrected chi connectivity index (χ2v) is 7.41. The number of hydrogen-bond donors (Lipinski definition) is 2. The summed E-state index contributed by atoms with van der Waals surface area (Å²) in [5.41, 5.74) is 3.45. The summed E-state index contributed by atoms with van der Waals surface area (Å²) < 4.78 is 0. The maximum absolute atomic E-state index is 13.1. The van der Waals surface area contributed by atoms with Gasteiger partial charge in [-0.3, -0.25) is 19.3 Å². The van der Waals surface area contributed by atoms with Gasteiger partial charge in [-0.05, 0) is 55.8 Å². The van der Waals surface area contributed by atoms with Gasteiger partial charge >= 0.3 is 0 Å². The van der Waals surface area contributed by atoms with Gasteiger partial charge in [0, 0.05) is 30.5 Å². The molecule has 2 aromatic rings. The molecule has 2 aromatic carbocycles. The van der Waals surface area contributed by atoms with E-state index in [1.54, 1.807) is 24.3 Å². The molecule has 0 bridgehead atoms. The van der Waals surface area contributed by atoms with Crippen LogP contribution in [-0.2, 0) is 20.8 Å². The molecule has 158 valence electrons. The Morgan fingerprint density at radius 2 is 1.67 bits per heavy atom. The molecule has 1 aliphatic heterocycles. The summed E-state index contributed by atoms with van der Waals surface area (Å²) in [6, 6.07) is 14.5. The van der Waals surface area contributed by atoms with Gasteiger partial charge in [-0.15, -0.1) is 0 Å². The predicted molar refractivity (Wildman–Crippen MR) is 119 cm³/mol. The molecule has 0 saturated heterocycles. The molecule has 0 saturated carbocycles. The number of nitrogens with zero attached hydrogens (tertiary/aromatic N) is 2. The van der Waals surface area contributed by atoms with E-state index in [4.69, 9.17) is 0 Å². The van der Waals surface area contributed by atoms with Gasteiger partial charge in [-0.1, -0.05) is 25.1 Å². The van der Waals surface area contributed by atoms with E-state index in [0.717, 1.165) is 12.1 Å². The van der Waals surface area contributed by atoms with Crippen LogP contribution in [0.1, 0.15) is 26.3 Å². The van der Waals surface area contributed by atoms with Crippen molar-refractivity contribution in [2.45, 2.75) is 33.2 Å². The summed E-state index contributed by atoms with van der Waals surface area (Å²) >= 11 is 0. The molecular weight excluding hydrogens is 380 g/mol. The molecule has 1 atom stereocenters. The van der Waals surface area contributed by atoms with Crippen LogP contribution in [0.15, 0.2) is 48.5 Å². The Morgan fingerprint density at radius 3 is 2.30 bits per heavy atom. The van der Waals surface area contributed by atoms with Crippen molar-refractivity contribution in [1.82, 2.24) is 4.90 Å². The second kappa shape index (κ2) is 9.54. The minimum absolute atomic E-state index is 0.00857. The van der Waals surface area contributed by atoms with Crippen LogP contribution in [0.4, 0.5) is 17.1 Å². The summed E-state index contributed by atoms with van der Waals surface area (Å²) in [7, 11) is 0. The Balaban J connectivity index is 1.59. The van der Waals surface area contributed by atoms with Gasteiger partial charge in [0.2, 0.25) is 17.7 Å². The average molecular weight is 409 g/mol. The molecular formula is C23H28N4O3. The highest BCUT2D eigenvalue weighted by Gasteiger charge is 2.31. The van der Waals surface area contributed by atoms with Crippen LogP contribution < -0.4 is 15.5 Å². The van der Waals surface area contributed by atoms with Crippen LogP contribution >= 0.6 is 0 Å². The van der Waals surface area contributed by atoms with Crippen LogP contribution in [0.3, 0.4) is 0 Å². The topological polar surface area (TPSA) is 81.8 Å². The number of anilines is 3. The van der Waals surface area contributed by atoms with Crippen molar-refractivity contribution >= 4 is 34.8 Å². The van der Waals surface area contributed by atoms with Crippen LogP contribution in [0, 0.1) is 0 Å². The van der Waals surface area contributed by atoms with E-state index < -0.39 is 6.04 Å². The van der Waals surface area contributed by atoms with Crippen LogP contribution in [0.2, 0.25) is 0 Å². The van der Waals surface area contributed by atoms with Crippen molar-refractivity contribution in [2.75, 3.05) is 35.2 Å². The molecule has 3 rings (SSSR count). The monoisotopic (exact) mass is 408 g/mol. The molecule has 0 aromatic heterocycles. The largest absolute Gasteiger partial charge is 0.326 e. The Morgan fingerprint density at radius 1 is 1.03 bits per heavy atom. The summed E-state index contributed by atoms with van der Waals surface area (Å²) in [5, 5.41) is 5.53. The highest BCUT2D eigenvalue weighted by molar-refractivity contribution is 5.99. The van der Waals surface area contributed by atoms with Crippen molar-refractivity contribution in [1.29, 1.82) is 0 Å². The number of rotatable bonds is 7. The number of hydrogen-bond acceptors (Lipinski definition) is 4. The molecule has 0 spiro atoms. The highest BCUT2D eigenvalue weighted by atomic mass is 16.2. The van der Waals surface area contributed by atoms with Crippen LogP contribution in [0.5, 0.6) is 0 Å². The number of benzene rings is 2. The van der Waals surface area contributed by atoms with Crippen molar-refractivity contribution in [3.05, 3.63) is 54.1 Å². The first-order valence-electron chi connectivity index (χ1n) is 10.2. The van der Waals surface area contributed by atoms with Gasteiger partial charge in [0.1, 0.15) is 0 Å². The van der Waals surface area contributed by atoms with Gasteiger partial charge in [0.15, 0.2) is 0 Å². The molecule has 0 fully saturated rings. The summed E-state index contributed by atoms with van der Waals surface area (Å²) in [5.74, 6) is -0.329. The number of nitrogens with one attached hydrogen (secondary N) is 2. The van der Waals surface area contributed by atoms with E-state index in [2.05, 4.69) is 16.7 Å². The highest BCUT2D eigenvalue weighted by Crippen LogP contribution is 2.28. The summed E-state index contributed by atoms with van der Waals surface area (Å²) in [6.07, 6.45) is 0.857. The third kappa shape index (κ3) is 5.04. The second-order valence-electron chi connectivity index (χ2n) is 7.41. The van der Waals surface area contributed by atoms with E-state index in [1.807, 2.05) is 41.8 Å². The molecule has 30 heavy (non-hydrogen) atoms. The number of para-hydroxylation sites is 1. The van der Waals surface area contributed by atoms with Gasteiger partial charge in [0.25, 0.3) is 0 Å². The third-order valence-corrected chi connectivity index (χ3v) is 5.30. The molecule has 7 nitrogen and oxygen atoms in total. The number of carbonyl (C=O) groups excluding carboxylic acids is 3. The number of likely N-dealkylation sites (N-methyl/N-ethyl adjacent to an activating group) is 1. The molecule has 1 unspecified atom stereocenters. The van der Waals surface area contributed by atoms with E-state index in [0.29, 0.717) is 24.5 Å². The zero-order chi connectivity index (χ0) is 21.7. The van der Waals surface area contributed by atoms with Crippen LogP contribution in [0.25, 0.3) is 0 Å². The Kier molecular flexibility index (Phi) is 6.84. The van der Waals surface area contributed by atoms with E-state index in [-0.39, 0.29) is 24.3 Å². The summed E-state index contributed by atoms with van der Waals surface area (Å²) in [4.78, 5) is 40.4. The minimum atomic E-state index is -0.408. The normalized spacial score (nSPS) is 13.7. The van der Waals surface area contributed by atoms with Crippen molar-refractivity contribution in [2.24, 2.45) is 0 Å². The van der Waals surface area contributed by atoms with Gasteiger partial charge < -0.3 is 15.5 Å². The molecule has 0 aliphatic carbocycles. The predicted octanol–water partition coefficient (Wildman–Crippen LogP) is 2.88. The zero-order valence-electron chi connectivity index (χ0n) is 17.6. The lowest BCUT2D eigenvalue weighted by atomic mass is 10.1. The van der Waals surface area contributed by atoms with Crippen LogP contribution in [-0.4, -0.2) is 48.3 Å². The molecule has 2 N–H and O–H groups in total. The minimum Gasteiger partial charge on any atom is -0.326 e. The molecule has 7 heteroatoms. The standard InChI is InChI=1S/C23H28N4O3/c1-4-26(15-22(29)25-20-11-9-19(10-12-20)24-17(3)28)16(2)23(30)27-14-13-18-7-5-6-8-21(18)27/h5-12,16H,4,13-15H2,1-3H3,(H,24,28)(H,25,29). The first kappa shape index (κ1) is 21.5. The Labute approximate surface area is 177 Å². The first-order chi connectivity index (χ1) is 14.4. The smallest absolute Gasteiger partial charge is 0.244 e. The molecule has 1 heterocycles. The fourth-order valence-corrected chi connectivity index (χ4v) is 3.70. The lowest BCUT2D eigenvalue weighted by molar-refractivity contribution is -0.125. The quantitative estimate of drug-likeness (QED) is 0.738. The molecule has 1 aliphatic rings. The van der Waals surface area contributed by atoms with Gasteiger partial charge in [-0.2, -0.15) is 0 Å². The number of amides is 3. The maximum atomic E-state index is 13.1. The van der Waals surface area contributed by atoms with Crippen molar-refractivity contribution in [3.63, 3.8) is 0 Å². The summed E-state index contributed by atoms with van der Waals surface area (Å²) in [6.45, 7) is 6.61. The van der Waals surface area contributed by atoms with Crippen molar-refractivity contribution in [3.8, 4) is 0 Å². The lowest BCUT2D eigenvalue weighted by Gasteiger charge is -2.30. The fraction of sp³-hybridized carbons (Fsp3) is 0.348. The maximum Gasteiger partial charge on any atom is 0.244 e. The Bertz CT molecular complexity index is 926. The molecule has 3 amide bonds. The Hall–Kier alpha value is -3.19. The van der Waals surface area contributed by atoms with E-state index >= 15 is 0 Å². The number of carbonyl (C=O) groups is 3. The SMILES string of the molecule is CCN(CC(=O)Nc1ccc(NC(C)=O)cc1)C(C)C(=O)N1CCc2ccccc21. The first-order valence-corrected chi connectivity index (χ1v) is 10.2. The van der Waals surface area contributed by atoms with E-state index in [1.165, 1.54) is 12.5 Å². The van der Waals surface area contributed by atoms with Gasteiger partial charge in [0.05, 0.1) is 12.6 Å². The fourth-order valence-electron chi connectivity index (χ4n) is 3.70.